The first-order valence-electron chi connectivity index (χ1n) is 6.65. The summed E-state index contributed by atoms with van der Waals surface area (Å²) >= 11 is 0. The third kappa shape index (κ3) is 2.15. The van der Waals surface area contributed by atoms with Crippen molar-refractivity contribution in [1.29, 1.82) is 0 Å². The Bertz CT molecular complexity index is 545. The molecular formula is C15H19NO3. The first kappa shape index (κ1) is 12.3. The maximum atomic E-state index is 12.3. The minimum Gasteiger partial charge on any atom is -0.492 e. The van der Waals surface area contributed by atoms with Gasteiger partial charge >= 0.3 is 5.97 Å². The molecule has 1 fully saturated rings. The van der Waals surface area contributed by atoms with Crippen LogP contribution in [0.3, 0.4) is 0 Å². The van der Waals surface area contributed by atoms with Crippen molar-refractivity contribution in [3.63, 3.8) is 0 Å². The Morgan fingerprint density at radius 1 is 1.42 bits per heavy atom. The summed E-state index contributed by atoms with van der Waals surface area (Å²) < 4.78 is 11.2. The van der Waals surface area contributed by atoms with E-state index in [9.17, 15) is 4.79 Å². The van der Waals surface area contributed by atoms with Crippen LogP contribution in [-0.4, -0.2) is 18.2 Å². The molecule has 2 unspecified atom stereocenters. The lowest BCUT2D eigenvalue weighted by Crippen LogP contribution is -2.25. The molecule has 1 aliphatic heterocycles. The lowest BCUT2D eigenvalue weighted by atomic mass is 10.00. The number of hydrogen-bond donors (Lipinski definition) is 1. The summed E-state index contributed by atoms with van der Waals surface area (Å²) in [5, 5.41) is 0. The smallest absolute Gasteiger partial charge is 0.344 e. The number of anilines is 1. The molecule has 0 amide bonds. The average molecular weight is 261 g/mol. The zero-order valence-electron chi connectivity index (χ0n) is 11.5. The van der Waals surface area contributed by atoms with Gasteiger partial charge in [0.2, 0.25) is 0 Å². The highest BCUT2D eigenvalue weighted by atomic mass is 16.6. The van der Waals surface area contributed by atoms with Crippen LogP contribution < -0.4 is 10.5 Å². The van der Waals surface area contributed by atoms with Gasteiger partial charge in [0.25, 0.3) is 0 Å². The van der Waals surface area contributed by atoms with Crippen LogP contribution in [0, 0.1) is 5.92 Å². The van der Waals surface area contributed by atoms with Gasteiger partial charge in [-0.3, -0.25) is 0 Å². The molecule has 1 aromatic carbocycles. The molecule has 2 N–H and O–H groups in total. The predicted octanol–water partition coefficient (Wildman–Crippen LogP) is 2.72. The lowest BCUT2D eigenvalue weighted by molar-refractivity contribution is 0.00663. The number of fused-ring (bicyclic) bond motifs is 3. The van der Waals surface area contributed by atoms with Gasteiger partial charge < -0.3 is 15.2 Å². The fourth-order valence-corrected chi connectivity index (χ4v) is 2.60. The van der Waals surface area contributed by atoms with Gasteiger partial charge in [-0.25, -0.2) is 4.79 Å². The van der Waals surface area contributed by atoms with Gasteiger partial charge in [-0.05, 0) is 44.7 Å². The van der Waals surface area contributed by atoms with Gasteiger partial charge in [-0.15, -0.1) is 0 Å². The molecule has 0 saturated heterocycles. The van der Waals surface area contributed by atoms with E-state index in [-0.39, 0.29) is 0 Å². The van der Waals surface area contributed by atoms with Crippen LogP contribution in [-0.2, 0) is 4.74 Å². The quantitative estimate of drug-likeness (QED) is 0.623. The summed E-state index contributed by atoms with van der Waals surface area (Å²) in [4.78, 5) is 12.3. The largest absolute Gasteiger partial charge is 0.492 e. The van der Waals surface area contributed by atoms with E-state index in [0.29, 0.717) is 35.4 Å². The Balaban J connectivity index is 2.01. The molecule has 1 saturated carbocycles. The van der Waals surface area contributed by atoms with E-state index in [1.54, 1.807) is 6.07 Å². The number of nitrogens with two attached hydrogens (primary N) is 1. The van der Waals surface area contributed by atoms with Crippen molar-refractivity contribution in [1.82, 2.24) is 0 Å². The summed E-state index contributed by atoms with van der Waals surface area (Å²) in [6, 6.07) is 3.75. The molecule has 0 bridgehead atoms. The lowest BCUT2D eigenvalue weighted by Gasteiger charge is -2.24. The van der Waals surface area contributed by atoms with Crippen molar-refractivity contribution in [3.05, 3.63) is 23.3 Å². The molecule has 0 aromatic heterocycles. The van der Waals surface area contributed by atoms with Crippen molar-refractivity contribution < 1.29 is 14.3 Å². The minimum absolute atomic E-state index is 0.387. The number of benzene rings is 1. The van der Waals surface area contributed by atoms with Gasteiger partial charge in [-0.1, -0.05) is 6.07 Å². The standard InChI is InChI=1S/C15H19NO3/c1-15(2,3)19-14(17)12-11(16)5-4-9-10-6-8(10)7-18-13(9)12/h4-5,8,10H,6-7,16H2,1-3H3. The van der Waals surface area contributed by atoms with Crippen molar-refractivity contribution in [2.75, 3.05) is 12.3 Å². The number of carbonyl (C=O) groups is 1. The molecule has 1 aromatic rings. The third-order valence-corrected chi connectivity index (χ3v) is 3.59. The van der Waals surface area contributed by atoms with Crippen molar-refractivity contribution >= 4 is 11.7 Å². The minimum atomic E-state index is -0.539. The van der Waals surface area contributed by atoms with E-state index in [0.717, 1.165) is 12.0 Å². The first-order valence-corrected chi connectivity index (χ1v) is 6.65. The van der Waals surface area contributed by atoms with Gasteiger partial charge in [-0.2, -0.15) is 0 Å². The number of hydrogen-bond acceptors (Lipinski definition) is 4. The number of ether oxygens (including phenoxy) is 2. The van der Waals surface area contributed by atoms with E-state index < -0.39 is 11.6 Å². The Morgan fingerprint density at radius 3 is 2.84 bits per heavy atom. The number of carbonyl (C=O) groups excluding carboxylic acids is 1. The van der Waals surface area contributed by atoms with Crippen LogP contribution in [0.25, 0.3) is 0 Å². The summed E-state index contributed by atoms with van der Waals surface area (Å²) in [5.74, 6) is 1.38. The van der Waals surface area contributed by atoms with Crippen molar-refractivity contribution in [3.8, 4) is 5.75 Å². The summed E-state index contributed by atoms with van der Waals surface area (Å²) in [6.07, 6.45) is 1.14. The zero-order valence-corrected chi connectivity index (χ0v) is 11.5. The predicted molar refractivity (Wildman–Crippen MR) is 72.4 cm³/mol. The molecule has 1 aliphatic carbocycles. The van der Waals surface area contributed by atoms with Crippen LogP contribution in [0.4, 0.5) is 5.69 Å². The van der Waals surface area contributed by atoms with E-state index >= 15 is 0 Å². The van der Waals surface area contributed by atoms with Crippen LogP contribution >= 0.6 is 0 Å². The van der Waals surface area contributed by atoms with Crippen LogP contribution in [0.2, 0.25) is 0 Å². The molecule has 19 heavy (non-hydrogen) atoms. The van der Waals surface area contributed by atoms with Gasteiger partial charge in [0.05, 0.1) is 6.61 Å². The van der Waals surface area contributed by atoms with E-state index in [1.807, 2.05) is 26.8 Å². The van der Waals surface area contributed by atoms with Crippen LogP contribution in [0.15, 0.2) is 12.1 Å². The maximum Gasteiger partial charge on any atom is 0.344 e. The highest BCUT2D eigenvalue weighted by Crippen LogP contribution is 2.55. The topological polar surface area (TPSA) is 61.5 Å². The summed E-state index contributed by atoms with van der Waals surface area (Å²) in [5.41, 5.74) is 7.32. The van der Waals surface area contributed by atoms with Gasteiger partial charge in [0.1, 0.15) is 16.9 Å². The Kier molecular flexibility index (Phi) is 2.52. The Hall–Kier alpha value is -1.71. The van der Waals surface area contributed by atoms with Crippen LogP contribution in [0.1, 0.15) is 49.0 Å². The van der Waals surface area contributed by atoms with Gasteiger partial charge in [0.15, 0.2) is 0 Å². The molecule has 4 heteroatoms. The molecule has 3 rings (SSSR count). The molecule has 2 atom stereocenters. The first-order chi connectivity index (χ1) is 8.87. The number of nitrogen functional groups attached to an aromatic ring is 1. The molecular weight excluding hydrogens is 242 g/mol. The van der Waals surface area contributed by atoms with E-state index in [1.165, 1.54) is 0 Å². The number of rotatable bonds is 1. The SMILES string of the molecule is CC(C)(C)OC(=O)c1c(N)ccc2c1OCC1CC21. The Labute approximate surface area is 112 Å². The normalized spacial score (nSPS) is 23.9. The summed E-state index contributed by atoms with van der Waals surface area (Å²) in [7, 11) is 0. The molecule has 4 nitrogen and oxygen atoms in total. The second-order valence-electron chi connectivity index (χ2n) is 6.36. The fourth-order valence-electron chi connectivity index (χ4n) is 2.60. The fraction of sp³-hybridized carbons (Fsp3) is 0.533. The molecule has 0 spiro atoms. The average Bonchev–Trinajstić information content (AvgIpc) is 3.04. The third-order valence-electron chi connectivity index (χ3n) is 3.59. The maximum absolute atomic E-state index is 12.3. The van der Waals surface area contributed by atoms with Crippen molar-refractivity contribution in [2.24, 2.45) is 5.92 Å². The van der Waals surface area contributed by atoms with E-state index in [2.05, 4.69) is 0 Å². The monoisotopic (exact) mass is 261 g/mol. The van der Waals surface area contributed by atoms with Crippen molar-refractivity contribution in [2.45, 2.75) is 38.7 Å². The molecule has 2 aliphatic rings. The molecule has 102 valence electrons. The van der Waals surface area contributed by atoms with Crippen LogP contribution in [0.5, 0.6) is 5.75 Å². The second kappa shape index (κ2) is 3.89. The highest BCUT2D eigenvalue weighted by Gasteiger charge is 2.45. The zero-order chi connectivity index (χ0) is 13.8. The Morgan fingerprint density at radius 2 is 2.16 bits per heavy atom. The highest BCUT2D eigenvalue weighted by molar-refractivity contribution is 5.99. The summed E-state index contributed by atoms with van der Waals surface area (Å²) in [6.45, 7) is 6.20. The van der Waals surface area contributed by atoms with Gasteiger partial charge in [0, 0.05) is 11.6 Å². The second-order valence-corrected chi connectivity index (χ2v) is 6.36. The molecule has 1 heterocycles. The van der Waals surface area contributed by atoms with E-state index in [4.69, 9.17) is 15.2 Å². The molecule has 0 radical (unpaired) electrons. The number of esters is 1.